The van der Waals surface area contributed by atoms with Gasteiger partial charge in [0, 0.05) is 11.3 Å². The molecule has 0 spiro atoms. The summed E-state index contributed by atoms with van der Waals surface area (Å²) in [7, 11) is 0. The van der Waals surface area contributed by atoms with Gasteiger partial charge in [-0.3, -0.25) is 9.59 Å². The Kier molecular flexibility index (Phi) is 5.72. The monoisotopic (exact) mass is 446 g/mol. The van der Waals surface area contributed by atoms with Crippen LogP contribution in [-0.2, 0) is 4.79 Å². The summed E-state index contributed by atoms with van der Waals surface area (Å²) >= 11 is 0. The zero-order valence-electron chi connectivity index (χ0n) is 17.7. The first kappa shape index (κ1) is 20.7. The van der Waals surface area contributed by atoms with Crippen LogP contribution in [0.1, 0.15) is 10.4 Å². The average Bonchev–Trinajstić information content (AvgIpc) is 2.87. The maximum atomic E-state index is 12.5. The molecule has 2 amide bonds. The van der Waals surface area contributed by atoms with E-state index in [0.29, 0.717) is 47.4 Å². The normalized spacial score (nSPS) is 18.2. The van der Waals surface area contributed by atoms with Crippen LogP contribution in [0.3, 0.4) is 0 Å². The number of rotatable bonds is 5. The van der Waals surface area contributed by atoms with E-state index in [2.05, 4.69) is 10.6 Å². The third-order valence-corrected chi connectivity index (χ3v) is 5.27. The second kappa shape index (κ2) is 9.12. The van der Waals surface area contributed by atoms with Crippen LogP contribution in [0.5, 0.6) is 23.0 Å². The minimum Gasteiger partial charge on any atom is -0.486 e. The number of amides is 2. The lowest BCUT2D eigenvalue weighted by atomic mass is 10.2. The molecule has 5 rings (SSSR count). The minimum absolute atomic E-state index is 0.126. The van der Waals surface area contributed by atoms with E-state index >= 15 is 0 Å². The summed E-state index contributed by atoms with van der Waals surface area (Å²) in [6, 6.07) is 21.3. The first-order valence-electron chi connectivity index (χ1n) is 10.6. The number of nitrogens with one attached hydrogen (secondary N) is 2. The zero-order valence-corrected chi connectivity index (χ0v) is 17.7. The van der Waals surface area contributed by atoms with E-state index in [1.54, 1.807) is 36.4 Å². The highest BCUT2D eigenvalue weighted by molar-refractivity contribution is 5.97. The van der Waals surface area contributed by atoms with Crippen LogP contribution >= 0.6 is 0 Å². The van der Waals surface area contributed by atoms with Crippen LogP contribution in [-0.4, -0.2) is 43.8 Å². The molecule has 8 heteroatoms. The van der Waals surface area contributed by atoms with E-state index in [1.807, 2.05) is 36.4 Å². The molecule has 168 valence electrons. The Morgan fingerprint density at radius 1 is 0.758 bits per heavy atom. The van der Waals surface area contributed by atoms with Crippen LogP contribution in [0.25, 0.3) is 0 Å². The lowest BCUT2D eigenvalue weighted by Gasteiger charge is -2.26. The van der Waals surface area contributed by atoms with Gasteiger partial charge in [-0.1, -0.05) is 24.3 Å². The molecule has 2 aliphatic rings. The Balaban J connectivity index is 1.12. The van der Waals surface area contributed by atoms with Crippen molar-refractivity contribution in [1.82, 2.24) is 5.32 Å². The Bertz CT molecular complexity index is 1160. The predicted molar refractivity (Wildman–Crippen MR) is 120 cm³/mol. The van der Waals surface area contributed by atoms with E-state index in [1.165, 1.54) is 0 Å². The molecule has 0 aromatic heterocycles. The Morgan fingerprint density at radius 3 is 2.06 bits per heavy atom. The highest BCUT2D eigenvalue weighted by Gasteiger charge is 2.27. The second-order valence-electron chi connectivity index (χ2n) is 7.64. The van der Waals surface area contributed by atoms with Crippen molar-refractivity contribution in [1.29, 1.82) is 0 Å². The van der Waals surface area contributed by atoms with Gasteiger partial charge in [-0.05, 0) is 48.5 Å². The van der Waals surface area contributed by atoms with E-state index in [-0.39, 0.29) is 24.5 Å². The number of carbonyl (C=O) groups is 2. The van der Waals surface area contributed by atoms with Gasteiger partial charge in [0.15, 0.2) is 23.0 Å². The molecule has 0 radical (unpaired) electrons. The van der Waals surface area contributed by atoms with Crippen molar-refractivity contribution in [2.75, 3.05) is 25.1 Å². The van der Waals surface area contributed by atoms with Gasteiger partial charge in [0.05, 0.1) is 6.54 Å². The Hall–Kier alpha value is -4.20. The van der Waals surface area contributed by atoms with Crippen LogP contribution in [0.15, 0.2) is 72.8 Å². The van der Waals surface area contributed by atoms with Crippen LogP contribution in [0.4, 0.5) is 5.69 Å². The molecule has 0 saturated heterocycles. The van der Waals surface area contributed by atoms with E-state index < -0.39 is 6.10 Å². The molecule has 2 atom stereocenters. The quantitative estimate of drug-likeness (QED) is 0.626. The molecule has 8 nitrogen and oxygen atoms in total. The first-order chi connectivity index (χ1) is 16.2. The lowest BCUT2D eigenvalue weighted by molar-refractivity contribution is -0.125. The van der Waals surface area contributed by atoms with E-state index in [0.717, 1.165) is 0 Å². The maximum Gasteiger partial charge on any atom is 0.269 e. The van der Waals surface area contributed by atoms with Crippen molar-refractivity contribution < 1.29 is 28.5 Å². The first-order valence-corrected chi connectivity index (χ1v) is 10.6. The fourth-order valence-corrected chi connectivity index (χ4v) is 3.55. The number of fused-ring (bicyclic) bond motifs is 2. The molecule has 0 unspecified atom stereocenters. The van der Waals surface area contributed by atoms with E-state index in [9.17, 15) is 9.59 Å². The molecule has 0 bridgehead atoms. The third kappa shape index (κ3) is 4.69. The van der Waals surface area contributed by atoms with Gasteiger partial charge in [0.1, 0.15) is 19.3 Å². The maximum absolute atomic E-state index is 12.5. The summed E-state index contributed by atoms with van der Waals surface area (Å²) in [5, 5.41) is 5.64. The number of carbonyl (C=O) groups excluding carboxylic acids is 2. The van der Waals surface area contributed by atoms with Gasteiger partial charge in [-0.15, -0.1) is 0 Å². The van der Waals surface area contributed by atoms with Gasteiger partial charge in [-0.25, -0.2) is 0 Å². The number of hydrogen-bond acceptors (Lipinski definition) is 6. The summed E-state index contributed by atoms with van der Waals surface area (Å²) in [6.45, 7) is 0.798. The van der Waals surface area contributed by atoms with Crippen molar-refractivity contribution in [3.8, 4) is 23.0 Å². The summed E-state index contributed by atoms with van der Waals surface area (Å²) in [6.07, 6.45) is -1.03. The number of ether oxygens (including phenoxy) is 4. The largest absolute Gasteiger partial charge is 0.486 e. The number of hydrogen-bond donors (Lipinski definition) is 2. The SMILES string of the molecule is O=C(NC[C@@H]1COc2ccccc2O1)c1ccc(NC(=O)[C@@H]2COc3ccccc3O2)cc1. The molecule has 0 aliphatic carbocycles. The Morgan fingerprint density at radius 2 is 1.36 bits per heavy atom. The molecule has 2 N–H and O–H groups in total. The molecular formula is C25H22N2O6. The van der Waals surface area contributed by atoms with Crippen molar-refractivity contribution in [3.63, 3.8) is 0 Å². The summed E-state index contributed by atoms with van der Waals surface area (Å²) in [5.74, 6) is 1.96. The average molecular weight is 446 g/mol. The highest BCUT2D eigenvalue weighted by Crippen LogP contribution is 2.32. The Labute approximate surface area is 190 Å². The molecule has 0 saturated carbocycles. The van der Waals surface area contributed by atoms with Crippen molar-refractivity contribution in [2.45, 2.75) is 12.2 Å². The molecule has 3 aromatic carbocycles. The summed E-state index contributed by atoms with van der Waals surface area (Å²) in [4.78, 5) is 25.0. The molecule has 33 heavy (non-hydrogen) atoms. The lowest BCUT2D eigenvalue weighted by Crippen LogP contribution is -2.40. The zero-order chi connectivity index (χ0) is 22.6. The summed E-state index contributed by atoms with van der Waals surface area (Å²) in [5.41, 5.74) is 1.02. The van der Waals surface area contributed by atoms with Gasteiger partial charge in [-0.2, -0.15) is 0 Å². The van der Waals surface area contributed by atoms with Crippen molar-refractivity contribution in [3.05, 3.63) is 78.4 Å². The van der Waals surface area contributed by atoms with Crippen LogP contribution in [0, 0.1) is 0 Å². The molecule has 2 aliphatic heterocycles. The highest BCUT2D eigenvalue weighted by atomic mass is 16.6. The molecule has 2 heterocycles. The van der Waals surface area contributed by atoms with Crippen molar-refractivity contribution in [2.24, 2.45) is 0 Å². The smallest absolute Gasteiger partial charge is 0.269 e. The van der Waals surface area contributed by atoms with Gasteiger partial charge in [0.25, 0.3) is 11.8 Å². The molecule has 3 aromatic rings. The second-order valence-corrected chi connectivity index (χ2v) is 7.64. The standard InChI is InChI=1S/C25H22N2O6/c28-24(26-13-18-14-30-19-5-1-3-7-21(19)32-18)16-9-11-17(12-10-16)27-25(29)23-15-31-20-6-2-4-8-22(20)33-23/h1-12,18,23H,13-15H2,(H,26,28)(H,27,29)/t18-,23+/m1/s1. The molecular weight excluding hydrogens is 424 g/mol. The topological polar surface area (TPSA) is 95.1 Å². The van der Waals surface area contributed by atoms with Gasteiger partial charge in [0.2, 0.25) is 6.10 Å². The molecule has 0 fully saturated rings. The van der Waals surface area contributed by atoms with Gasteiger partial charge >= 0.3 is 0 Å². The fraction of sp³-hybridized carbons (Fsp3) is 0.200. The number of anilines is 1. The number of para-hydroxylation sites is 4. The minimum atomic E-state index is -0.759. The third-order valence-electron chi connectivity index (χ3n) is 5.27. The predicted octanol–water partition coefficient (Wildman–Crippen LogP) is 3.03. The van der Waals surface area contributed by atoms with E-state index in [4.69, 9.17) is 18.9 Å². The fourth-order valence-electron chi connectivity index (χ4n) is 3.55. The van der Waals surface area contributed by atoms with Crippen LogP contribution < -0.4 is 29.6 Å². The summed E-state index contributed by atoms with van der Waals surface area (Å²) < 4.78 is 22.8. The van der Waals surface area contributed by atoms with Crippen LogP contribution in [0.2, 0.25) is 0 Å². The van der Waals surface area contributed by atoms with Gasteiger partial charge < -0.3 is 29.6 Å². The number of benzene rings is 3. The van der Waals surface area contributed by atoms with Crippen molar-refractivity contribution >= 4 is 17.5 Å².